The summed E-state index contributed by atoms with van der Waals surface area (Å²) in [5.74, 6) is 0. The molecule has 0 amide bonds. The number of benzene rings is 7. The van der Waals surface area contributed by atoms with Gasteiger partial charge in [0.2, 0.25) is 0 Å². The maximum atomic E-state index is 7.58. The molecule has 2 aliphatic carbocycles. The van der Waals surface area contributed by atoms with Gasteiger partial charge >= 0.3 is 0 Å². The highest BCUT2D eigenvalue weighted by Gasteiger charge is 2.50. The quantitative estimate of drug-likeness (QED) is 0.164. The van der Waals surface area contributed by atoms with Gasteiger partial charge < -0.3 is 14.2 Å². The molecule has 3 nitrogen and oxygen atoms in total. The van der Waals surface area contributed by atoms with Crippen LogP contribution in [0.4, 0.5) is 34.1 Å². The van der Waals surface area contributed by atoms with Crippen LogP contribution in [0, 0.1) is 6.92 Å². The van der Waals surface area contributed by atoms with Crippen LogP contribution >= 0.6 is 0 Å². The first-order valence-electron chi connectivity index (χ1n) is 27.3. The molecular formula is C69H75BN2O. The third kappa shape index (κ3) is 7.50. The van der Waals surface area contributed by atoms with Crippen LogP contribution in [0.15, 0.2) is 138 Å². The lowest BCUT2D eigenvalue weighted by Crippen LogP contribution is -2.61. The van der Waals surface area contributed by atoms with Crippen molar-refractivity contribution in [3.63, 3.8) is 0 Å². The predicted molar refractivity (Wildman–Crippen MR) is 314 cm³/mol. The monoisotopic (exact) mass is 959 g/mol. The van der Waals surface area contributed by atoms with Crippen molar-refractivity contribution in [2.45, 2.75) is 162 Å². The molecule has 0 N–H and O–H groups in total. The number of furan rings is 1. The molecule has 0 unspecified atom stereocenters. The first-order chi connectivity index (χ1) is 34.3. The van der Waals surface area contributed by atoms with E-state index < -0.39 is 0 Å². The number of hydrogen-bond acceptors (Lipinski definition) is 3. The number of hydrogen-bond donors (Lipinski definition) is 0. The molecule has 0 saturated carbocycles. The predicted octanol–water partition coefficient (Wildman–Crippen LogP) is 17.5. The zero-order chi connectivity index (χ0) is 51.5. The van der Waals surface area contributed by atoms with Crippen molar-refractivity contribution in [3.8, 4) is 22.3 Å². The van der Waals surface area contributed by atoms with E-state index in [2.05, 4.69) is 247 Å². The van der Waals surface area contributed by atoms with Crippen molar-refractivity contribution in [1.82, 2.24) is 0 Å². The molecular weight excluding hydrogens is 884 g/mol. The van der Waals surface area contributed by atoms with Crippen LogP contribution in [0.25, 0.3) is 33.2 Å². The Labute approximate surface area is 437 Å². The molecule has 4 heteroatoms. The van der Waals surface area contributed by atoms with Gasteiger partial charge in [-0.05, 0) is 186 Å². The highest BCUT2D eigenvalue weighted by Crippen LogP contribution is 2.54. The lowest BCUT2D eigenvalue weighted by molar-refractivity contribution is 0.332. The van der Waals surface area contributed by atoms with Gasteiger partial charge in [0, 0.05) is 33.7 Å². The fourth-order valence-corrected chi connectivity index (χ4v) is 13.3. The third-order valence-electron chi connectivity index (χ3n) is 18.1. The number of fused-ring (bicyclic) bond motifs is 8. The summed E-state index contributed by atoms with van der Waals surface area (Å²) in [6.07, 6.45) is 4.65. The van der Waals surface area contributed by atoms with E-state index in [1.165, 1.54) is 101 Å². The zero-order valence-electron chi connectivity index (χ0n) is 46.4. The van der Waals surface area contributed by atoms with Crippen LogP contribution in [-0.2, 0) is 32.5 Å². The van der Waals surface area contributed by atoms with E-state index in [1.54, 1.807) is 0 Å². The van der Waals surface area contributed by atoms with Crippen LogP contribution in [0.3, 0.4) is 0 Å². The fourth-order valence-electron chi connectivity index (χ4n) is 13.3. The van der Waals surface area contributed by atoms with Gasteiger partial charge in [0.15, 0.2) is 0 Å². The van der Waals surface area contributed by atoms with E-state index in [0.717, 1.165) is 47.3 Å². The molecule has 2 aliphatic heterocycles. The number of anilines is 6. The molecule has 0 fully saturated rings. The highest BCUT2D eigenvalue weighted by atomic mass is 16.3. The Morgan fingerprint density at radius 2 is 1.00 bits per heavy atom. The SMILES string of the molecule is Cc1cc2c3c(c1)N(c1ccc(C(C)(C)C)cc1-c1ccc(-c4ccccc4)cc1)c1c(oc4ccc(C(C)(C)C)cc14)B3c1cc3c(cc1N2c1ccc2c(c1)C(C)(C)CCC2(C)C)C(C)(C)CCC3(C)C. The van der Waals surface area contributed by atoms with Crippen LogP contribution in [0.1, 0.15) is 162 Å². The summed E-state index contributed by atoms with van der Waals surface area (Å²) in [4.78, 5) is 5.29. The average Bonchev–Trinajstić information content (AvgIpc) is 3.72. The van der Waals surface area contributed by atoms with Crippen LogP contribution < -0.4 is 26.4 Å². The lowest BCUT2D eigenvalue weighted by Gasteiger charge is -2.47. The summed E-state index contributed by atoms with van der Waals surface area (Å²) in [7, 11) is 0. The standard InChI is InChI=1S/C69H75BN2O/c1-42-35-58-61-59(36-42)72(56-29-25-46(64(2,3)4)37-49(56)45-23-21-44(22-24-45)43-19-17-16-18-20-43)62-50-38-47(65(5,6)7)26-30-60(50)73-63(62)70(61)55-40-53-54(69(14,15)34-33-68(53,12)13)41-57(55)71(58)48-27-28-51-52(39-48)67(10,11)32-31-66(51,8)9/h16-30,35-41H,31-34H2,1-15H3. The molecule has 0 atom stereocenters. The molecule has 7 aromatic carbocycles. The largest absolute Gasteiger partial charge is 0.468 e. The topological polar surface area (TPSA) is 19.6 Å². The molecule has 12 rings (SSSR count). The Morgan fingerprint density at radius 3 is 1.63 bits per heavy atom. The van der Waals surface area contributed by atoms with E-state index in [4.69, 9.17) is 4.42 Å². The summed E-state index contributed by atoms with van der Waals surface area (Å²) < 4.78 is 7.58. The van der Waals surface area contributed by atoms with E-state index >= 15 is 0 Å². The summed E-state index contributed by atoms with van der Waals surface area (Å²) >= 11 is 0. The van der Waals surface area contributed by atoms with E-state index in [-0.39, 0.29) is 39.2 Å². The van der Waals surface area contributed by atoms with Gasteiger partial charge in [-0.3, -0.25) is 0 Å². The van der Waals surface area contributed by atoms with Crippen molar-refractivity contribution >= 4 is 68.4 Å². The van der Waals surface area contributed by atoms with Crippen molar-refractivity contribution in [2.75, 3.05) is 9.80 Å². The van der Waals surface area contributed by atoms with Gasteiger partial charge in [-0.15, -0.1) is 0 Å². The maximum absolute atomic E-state index is 7.58. The third-order valence-corrected chi connectivity index (χ3v) is 18.1. The maximum Gasteiger partial charge on any atom is 0.297 e. The molecule has 4 aliphatic rings. The van der Waals surface area contributed by atoms with Crippen LogP contribution in [0.5, 0.6) is 0 Å². The van der Waals surface area contributed by atoms with Gasteiger partial charge in [-0.25, -0.2) is 0 Å². The van der Waals surface area contributed by atoms with Crippen LogP contribution in [0.2, 0.25) is 0 Å². The zero-order valence-corrected chi connectivity index (χ0v) is 46.4. The molecule has 0 bridgehead atoms. The first kappa shape index (κ1) is 47.7. The van der Waals surface area contributed by atoms with Crippen molar-refractivity contribution in [2.24, 2.45) is 0 Å². The Hall–Kier alpha value is -6.26. The summed E-state index contributed by atoms with van der Waals surface area (Å²) in [5.41, 5.74) is 26.5. The molecule has 0 radical (unpaired) electrons. The number of nitrogens with zero attached hydrogens (tertiary/aromatic N) is 2. The molecule has 370 valence electrons. The second kappa shape index (κ2) is 15.9. The molecule has 0 saturated heterocycles. The minimum absolute atomic E-state index is 0.0152. The van der Waals surface area contributed by atoms with Gasteiger partial charge in [0.05, 0.1) is 17.0 Å². The molecule has 0 spiro atoms. The van der Waals surface area contributed by atoms with Gasteiger partial charge in [0.25, 0.3) is 6.71 Å². The number of rotatable bonds is 4. The van der Waals surface area contributed by atoms with Gasteiger partial charge in [-0.2, -0.15) is 0 Å². The van der Waals surface area contributed by atoms with E-state index in [1.807, 2.05) is 0 Å². The van der Waals surface area contributed by atoms with E-state index in [9.17, 15) is 0 Å². The van der Waals surface area contributed by atoms with Crippen LogP contribution in [-0.4, -0.2) is 6.71 Å². The van der Waals surface area contributed by atoms with Crippen molar-refractivity contribution in [3.05, 3.63) is 172 Å². The highest BCUT2D eigenvalue weighted by molar-refractivity contribution is 7.00. The first-order valence-corrected chi connectivity index (χ1v) is 27.3. The molecule has 73 heavy (non-hydrogen) atoms. The normalized spacial score (nSPS) is 17.9. The Morgan fingerprint density at radius 1 is 0.466 bits per heavy atom. The Balaban J connectivity index is 1.19. The minimum atomic E-state index is -0.143. The van der Waals surface area contributed by atoms with E-state index in [0.29, 0.717) is 0 Å². The molecule has 8 aromatic rings. The second-order valence-electron chi connectivity index (χ2n) is 27.2. The van der Waals surface area contributed by atoms with Gasteiger partial charge in [0.1, 0.15) is 5.58 Å². The van der Waals surface area contributed by atoms with Gasteiger partial charge in [-0.1, -0.05) is 176 Å². The fraction of sp³-hybridized carbons (Fsp3) is 0.362. The molecule has 3 heterocycles. The summed E-state index contributed by atoms with van der Waals surface area (Å²) in [6, 6.07) is 52.0. The second-order valence-corrected chi connectivity index (χ2v) is 27.2. The van der Waals surface area contributed by atoms with Crippen molar-refractivity contribution < 1.29 is 4.42 Å². The number of aryl methyl sites for hydroxylation is 1. The Bertz CT molecular complexity index is 3550. The lowest BCUT2D eigenvalue weighted by atomic mass is 9.35. The van der Waals surface area contributed by atoms with Crippen molar-refractivity contribution in [1.29, 1.82) is 0 Å². The summed E-state index contributed by atoms with van der Waals surface area (Å²) in [6.45, 7) is 35.8. The summed E-state index contributed by atoms with van der Waals surface area (Å²) in [5, 5.41) is 1.16. The smallest absolute Gasteiger partial charge is 0.297 e. The Kier molecular flexibility index (Phi) is 10.4. The minimum Gasteiger partial charge on any atom is -0.468 e. The molecule has 1 aromatic heterocycles. The average molecular weight is 959 g/mol.